The highest BCUT2D eigenvalue weighted by Gasteiger charge is 2.32. The summed E-state index contributed by atoms with van der Waals surface area (Å²) in [5.41, 5.74) is 6.79. The van der Waals surface area contributed by atoms with E-state index in [0.717, 1.165) is 50.3 Å². The lowest BCUT2D eigenvalue weighted by Crippen LogP contribution is -2.39. The fourth-order valence-electron chi connectivity index (χ4n) is 3.00. The van der Waals surface area contributed by atoms with Crippen molar-refractivity contribution < 1.29 is 0 Å². The number of rotatable bonds is 2. The van der Waals surface area contributed by atoms with Crippen molar-refractivity contribution in [3.8, 4) is 6.07 Å². The predicted molar refractivity (Wildman–Crippen MR) is 77.1 cm³/mol. The van der Waals surface area contributed by atoms with Gasteiger partial charge in [-0.3, -0.25) is 0 Å². The molecular formula is C15H21N5. The third kappa shape index (κ3) is 2.48. The molecule has 2 fully saturated rings. The largest absolute Gasteiger partial charge is 0.356 e. The first-order chi connectivity index (χ1) is 9.59. The second-order valence-electron chi connectivity index (χ2n) is 6.39. The molecule has 0 spiro atoms. The first-order valence-electron chi connectivity index (χ1n) is 7.33. The average molecular weight is 271 g/mol. The van der Waals surface area contributed by atoms with E-state index in [4.69, 9.17) is 5.73 Å². The van der Waals surface area contributed by atoms with Crippen LogP contribution in [0, 0.1) is 16.7 Å². The zero-order valence-electron chi connectivity index (χ0n) is 11.9. The zero-order chi connectivity index (χ0) is 14.2. The van der Waals surface area contributed by atoms with Crippen LogP contribution in [-0.2, 0) is 0 Å². The summed E-state index contributed by atoms with van der Waals surface area (Å²) in [4.78, 5) is 11.1. The molecule has 5 nitrogen and oxygen atoms in total. The van der Waals surface area contributed by atoms with Crippen LogP contribution in [0.5, 0.6) is 0 Å². The molecule has 0 radical (unpaired) electrons. The molecule has 1 aromatic heterocycles. The van der Waals surface area contributed by atoms with E-state index in [9.17, 15) is 5.26 Å². The van der Waals surface area contributed by atoms with Gasteiger partial charge in [-0.1, -0.05) is 0 Å². The molecule has 3 rings (SSSR count). The van der Waals surface area contributed by atoms with E-state index < -0.39 is 0 Å². The number of nitrogens with two attached hydrogens (primary N) is 1. The molecule has 1 saturated heterocycles. The van der Waals surface area contributed by atoms with E-state index in [1.807, 2.05) is 6.92 Å². The average Bonchev–Trinajstić information content (AvgIpc) is 2.45. The van der Waals surface area contributed by atoms with E-state index in [-0.39, 0.29) is 5.41 Å². The van der Waals surface area contributed by atoms with Crippen LogP contribution < -0.4 is 10.6 Å². The third-order valence-corrected chi connectivity index (χ3v) is 4.73. The van der Waals surface area contributed by atoms with Crippen LogP contribution in [-0.4, -0.2) is 29.1 Å². The van der Waals surface area contributed by atoms with Crippen LogP contribution in [0.4, 0.5) is 5.82 Å². The Balaban J connectivity index is 1.69. The highest BCUT2D eigenvalue weighted by atomic mass is 15.2. The summed E-state index contributed by atoms with van der Waals surface area (Å²) in [6.45, 7) is 3.83. The first-order valence-corrected chi connectivity index (χ1v) is 7.33. The van der Waals surface area contributed by atoms with E-state index in [1.165, 1.54) is 0 Å². The monoisotopic (exact) mass is 271 g/mol. The van der Waals surface area contributed by atoms with Crippen LogP contribution in [0.2, 0.25) is 0 Å². The fraction of sp³-hybridized carbons (Fsp3) is 0.667. The summed E-state index contributed by atoms with van der Waals surface area (Å²) in [7, 11) is 0. The number of nitriles is 1. The van der Waals surface area contributed by atoms with Crippen LogP contribution in [0.25, 0.3) is 0 Å². The van der Waals surface area contributed by atoms with Gasteiger partial charge >= 0.3 is 0 Å². The van der Waals surface area contributed by atoms with Crippen molar-refractivity contribution >= 4 is 5.82 Å². The minimum absolute atomic E-state index is 0.174. The highest BCUT2D eigenvalue weighted by Crippen LogP contribution is 2.36. The predicted octanol–water partition coefficient (Wildman–Crippen LogP) is 1.81. The van der Waals surface area contributed by atoms with Crippen molar-refractivity contribution in [2.75, 3.05) is 18.0 Å². The van der Waals surface area contributed by atoms with Gasteiger partial charge in [0, 0.05) is 36.8 Å². The molecule has 2 heterocycles. The molecule has 0 aromatic carbocycles. The quantitative estimate of drug-likeness (QED) is 0.887. The molecule has 0 atom stereocenters. The van der Waals surface area contributed by atoms with Gasteiger partial charge in [-0.25, -0.2) is 9.97 Å². The fourth-order valence-corrected chi connectivity index (χ4v) is 3.00. The van der Waals surface area contributed by atoms with Gasteiger partial charge in [0.15, 0.2) is 0 Å². The van der Waals surface area contributed by atoms with E-state index in [2.05, 4.69) is 27.0 Å². The maximum atomic E-state index is 9.18. The third-order valence-electron chi connectivity index (χ3n) is 4.73. The van der Waals surface area contributed by atoms with Gasteiger partial charge in [0.1, 0.15) is 12.1 Å². The van der Waals surface area contributed by atoms with Crippen molar-refractivity contribution in [1.29, 1.82) is 5.26 Å². The molecular weight excluding hydrogens is 250 g/mol. The Morgan fingerprint density at radius 1 is 1.35 bits per heavy atom. The topological polar surface area (TPSA) is 78.8 Å². The summed E-state index contributed by atoms with van der Waals surface area (Å²) in [5.74, 6) is 1.50. The molecule has 1 aromatic rings. The maximum Gasteiger partial charge on any atom is 0.132 e. The van der Waals surface area contributed by atoms with Crippen molar-refractivity contribution in [3.05, 3.63) is 18.1 Å². The molecule has 106 valence electrons. The summed E-state index contributed by atoms with van der Waals surface area (Å²) >= 11 is 0. The highest BCUT2D eigenvalue weighted by molar-refractivity contribution is 5.41. The number of hydrogen-bond donors (Lipinski definition) is 1. The number of nitrogens with zero attached hydrogens (tertiary/aromatic N) is 4. The lowest BCUT2D eigenvalue weighted by molar-refractivity contribution is 0.334. The Morgan fingerprint density at radius 3 is 2.65 bits per heavy atom. The van der Waals surface area contributed by atoms with Crippen molar-refractivity contribution in [2.45, 2.75) is 44.6 Å². The molecule has 1 aliphatic heterocycles. The molecule has 1 saturated carbocycles. The molecule has 0 bridgehead atoms. The lowest BCUT2D eigenvalue weighted by atomic mass is 9.78. The Bertz CT molecular complexity index is 521. The normalized spacial score (nSPS) is 28.6. The summed E-state index contributed by atoms with van der Waals surface area (Å²) < 4.78 is 0. The Kier molecular flexibility index (Phi) is 3.35. The zero-order valence-corrected chi connectivity index (χ0v) is 11.9. The molecule has 1 aliphatic carbocycles. The number of hydrogen-bond acceptors (Lipinski definition) is 5. The number of aromatic nitrogens is 2. The van der Waals surface area contributed by atoms with Crippen molar-refractivity contribution in [3.63, 3.8) is 0 Å². The summed E-state index contributed by atoms with van der Waals surface area (Å²) in [6, 6.07) is 4.87. The SMILES string of the molecule is CC1(C#N)CCN(c2cc(C3CC(N)C3)ncn2)CC1. The smallest absolute Gasteiger partial charge is 0.132 e. The van der Waals surface area contributed by atoms with Gasteiger partial charge in [-0.15, -0.1) is 0 Å². The van der Waals surface area contributed by atoms with Crippen LogP contribution in [0.3, 0.4) is 0 Å². The van der Waals surface area contributed by atoms with Gasteiger partial charge < -0.3 is 10.6 Å². The van der Waals surface area contributed by atoms with Crippen LogP contribution in [0.1, 0.15) is 44.2 Å². The minimum Gasteiger partial charge on any atom is -0.356 e. The molecule has 5 heteroatoms. The molecule has 0 unspecified atom stereocenters. The van der Waals surface area contributed by atoms with Crippen molar-refractivity contribution in [1.82, 2.24) is 9.97 Å². The Hall–Kier alpha value is -1.67. The number of piperidine rings is 1. The first kappa shape index (κ1) is 13.3. The van der Waals surface area contributed by atoms with Gasteiger partial charge in [0.2, 0.25) is 0 Å². The van der Waals surface area contributed by atoms with Crippen molar-refractivity contribution in [2.24, 2.45) is 11.1 Å². The Labute approximate surface area is 119 Å². The molecule has 0 amide bonds. The van der Waals surface area contributed by atoms with Crippen LogP contribution in [0.15, 0.2) is 12.4 Å². The molecule has 20 heavy (non-hydrogen) atoms. The second kappa shape index (κ2) is 5.02. The van der Waals surface area contributed by atoms with Gasteiger partial charge in [-0.05, 0) is 32.6 Å². The van der Waals surface area contributed by atoms with Gasteiger partial charge in [0.25, 0.3) is 0 Å². The Morgan fingerprint density at radius 2 is 2.05 bits per heavy atom. The summed E-state index contributed by atoms with van der Waals surface area (Å²) in [5, 5.41) is 9.18. The standard InChI is InChI=1S/C15H21N5/c1-15(9-16)2-4-20(5-3-15)14-8-13(18-10-19-14)11-6-12(17)7-11/h8,10-12H,2-7,17H2,1H3. The molecule has 2 N–H and O–H groups in total. The van der Waals surface area contributed by atoms with E-state index in [0.29, 0.717) is 12.0 Å². The lowest BCUT2D eigenvalue weighted by Gasteiger charge is -2.36. The van der Waals surface area contributed by atoms with Gasteiger partial charge in [-0.2, -0.15) is 5.26 Å². The number of anilines is 1. The maximum absolute atomic E-state index is 9.18. The minimum atomic E-state index is -0.174. The molecule has 2 aliphatic rings. The summed E-state index contributed by atoms with van der Waals surface area (Å²) in [6.07, 6.45) is 5.52. The van der Waals surface area contributed by atoms with E-state index in [1.54, 1.807) is 6.33 Å². The van der Waals surface area contributed by atoms with Gasteiger partial charge in [0.05, 0.1) is 11.5 Å². The van der Waals surface area contributed by atoms with Crippen LogP contribution >= 0.6 is 0 Å². The van der Waals surface area contributed by atoms with E-state index >= 15 is 0 Å². The second-order valence-corrected chi connectivity index (χ2v) is 6.39.